The third-order valence-corrected chi connectivity index (χ3v) is 4.58. The maximum atomic E-state index is 11.6. The van der Waals surface area contributed by atoms with E-state index in [0.717, 1.165) is 55.1 Å². The Morgan fingerprint density at radius 2 is 2.00 bits per heavy atom. The van der Waals surface area contributed by atoms with Gasteiger partial charge in [0.2, 0.25) is 5.91 Å². The van der Waals surface area contributed by atoms with E-state index in [-0.39, 0.29) is 5.91 Å². The van der Waals surface area contributed by atoms with Gasteiger partial charge in [-0.2, -0.15) is 0 Å². The average Bonchev–Trinajstić information content (AvgIpc) is 2.62. The van der Waals surface area contributed by atoms with Gasteiger partial charge in [-0.05, 0) is 49.4 Å². The average molecular weight is 325 g/mol. The normalized spacial score (nSPS) is 17.6. The largest absolute Gasteiger partial charge is 0.497 e. The van der Waals surface area contributed by atoms with Crippen LogP contribution in [0.15, 0.2) is 36.7 Å². The Morgan fingerprint density at radius 3 is 2.71 bits per heavy atom. The molecule has 1 aliphatic heterocycles. The van der Waals surface area contributed by atoms with Crippen LogP contribution in [0.2, 0.25) is 0 Å². The highest BCUT2D eigenvalue weighted by Gasteiger charge is 2.23. The van der Waals surface area contributed by atoms with E-state index in [1.165, 1.54) is 0 Å². The number of nitrogens with zero attached hydrogens (tertiary/aromatic N) is 3. The Labute approximate surface area is 142 Å². The van der Waals surface area contributed by atoms with E-state index in [1.54, 1.807) is 26.4 Å². The summed E-state index contributed by atoms with van der Waals surface area (Å²) in [5.74, 6) is 1.43. The first-order valence-corrected chi connectivity index (χ1v) is 8.37. The fourth-order valence-electron chi connectivity index (χ4n) is 3.30. The fraction of sp³-hybridized carbons (Fsp3) is 0.421. The molecular weight excluding hydrogens is 302 g/mol. The number of carbonyl (C=O) groups is 1. The molecule has 5 nitrogen and oxygen atoms in total. The Hall–Kier alpha value is -2.43. The quantitative estimate of drug-likeness (QED) is 0.867. The molecule has 0 bridgehead atoms. The number of amides is 1. The van der Waals surface area contributed by atoms with Crippen LogP contribution in [0.25, 0.3) is 11.3 Å². The summed E-state index contributed by atoms with van der Waals surface area (Å²) in [6, 6.07) is 7.89. The first-order chi connectivity index (χ1) is 11.7. The van der Waals surface area contributed by atoms with Crippen LogP contribution in [0.3, 0.4) is 0 Å². The van der Waals surface area contributed by atoms with Crippen LogP contribution in [0, 0.1) is 5.92 Å². The molecule has 0 N–H and O–H groups in total. The van der Waals surface area contributed by atoms with Gasteiger partial charge in [0, 0.05) is 38.0 Å². The van der Waals surface area contributed by atoms with Gasteiger partial charge in [-0.3, -0.25) is 14.8 Å². The molecule has 3 rings (SSSR count). The van der Waals surface area contributed by atoms with E-state index in [9.17, 15) is 4.79 Å². The highest BCUT2D eigenvalue weighted by molar-refractivity contribution is 5.73. The fourth-order valence-corrected chi connectivity index (χ4v) is 3.30. The maximum absolute atomic E-state index is 11.6. The molecule has 1 amide bonds. The van der Waals surface area contributed by atoms with Gasteiger partial charge >= 0.3 is 0 Å². The van der Waals surface area contributed by atoms with E-state index in [0.29, 0.717) is 5.92 Å². The van der Waals surface area contributed by atoms with Crippen molar-refractivity contribution in [2.24, 2.45) is 5.92 Å². The van der Waals surface area contributed by atoms with Crippen molar-refractivity contribution in [1.29, 1.82) is 0 Å². The number of aromatic nitrogens is 2. The highest BCUT2D eigenvalue weighted by atomic mass is 16.5. The van der Waals surface area contributed by atoms with Gasteiger partial charge in [0.15, 0.2) is 0 Å². The highest BCUT2D eigenvalue weighted by Crippen LogP contribution is 2.27. The number of hydrogen-bond donors (Lipinski definition) is 0. The molecule has 5 heteroatoms. The number of carbonyl (C=O) groups excluding carboxylic acids is 1. The number of piperidine rings is 1. The molecule has 1 aromatic carbocycles. The number of hydrogen-bond acceptors (Lipinski definition) is 4. The summed E-state index contributed by atoms with van der Waals surface area (Å²) in [5.41, 5.74) is 2.95. The van der Waals surface area contributed by atoms with Crippen molar-refractivity contribution in [2.45, 2.75) is 26.2 Å². The van der Waals surface area contributed by atoms with Crippen LogP contribution < -0.4 is 4.74 Å². The lowest BCUT2D eigenvalue weighted by Crippen LogP contribution is -2.39. The summed E-state index contributed by atoms with van der Waals surface area (Å²) in [6.07, 6.45) is 6.50. The van der Waals surface area contributed by atoms with Crippen molar-refractivity contribution in [2.75, 3.05) is 20.2 Å². The molecular formula is C19H23N3O2. The second-order valence-corrected chi connectivity index (χ2v) is 6.26. The molecule has 0 spiro atoms. The SMILES string of the molecule is COc1ccc(-c2nccnc2C[C@H]2CCCN(C(C)=O)C2)cc1. The third-order valence-electron chi connectivity index (χ3n) is 4.58. The predicted octanol–water partition coefficient (Wildman–Crippen LogP) is 2.95. The van der Waals surface area contributed by atoms with Crippen LogP contribution in [0.4, 0.5) is 0 Å². The molecule has 2 aromatic rings. The summed E-state index contributed by atoms with van der Waals surface area (Å²) >= 11 is 0. The van der Waals surface area contributed by atoms with E-state index in [1.807, 2.05) is 29.2 Å². The van der Waals surface area contributed by atoms with Gasteiger partial charge in [0.25, 0.3) is 0 Å². The maximum Gasteiger partial charge on any atom is 0.219 e. The van der Waals surface area contributed by atoms with Crippen molar-refractivity contribution in [3.05, 3.63) is 42.4 Å². The van der Waals surface area contributed by atoms with E-state index >= 15 is 0 Å². The zero-order valence-electron chi connectivity index (χ0n) is 14.2. The molecule has 0 unspecified atom stereocenters. The van der Waals surface area contributed by atoms with Gasteiger partial charge in [-0.1, -0.05) is 0 Å². The molecule has 1 aromatic heterocycles. The molecule has 0 aliphatic carbocycles. The Bertz CT molecular complexity index is 700. The minimum absolute atomic E-state index is 0.161. The molecule has 126 valence electrons. The van der Waals surface area contributed by atoms with Crippen molar-refractivity contribution < 1.29 is 9.53 Å². The Kier molecular flexibility index (Phi) is 5.08. The van der Waals surface area contributed by atoms with Gasteiger partial charge in [-0.25, -0.2) is 0 Å². The van der Waals surface area contributed by atoms with Crippen LogP contribution in [0.1, 0.15) is 25.5 Å². The number of likely N-dealkylation sites (tertiary alicyclic amines) is 1. The zero-order chi connectivity index (χ0) is 16.9. The standard InChI is InChI=1S/C19H23N3O2/c1-14(23)22-11-3-4-15(13-22)12-18-19(21-10-9-20-18)16-5-7-17(24-2)8-6-16/h5-10,15H,3-4,11-13H2,1-2H3/t15-/m1/s1. The van der Waals surface area contributed by atoms with Gasteiger partial charge in [0.1, 0.15) is 5.75 Å². The third kappa shape index (κ3) is 3.72. The van der Waals surface area contributed by atoms with Crippen LogP contribution >= 0.6 is 0 Å². The molecule has 0 saturated carbocycles. The second kappa shape index (κ2) is 7.43. The Morgan fingerprint density at radius 1 is 1.25 bits per heavy atom. The van der Waals surface area contributed by atoms with Crippen LogP contribution in [-0.2, 0) is 11.2 Å². The van der Waals surface area contributed by atoms with E-state index in [4.69, 9.17) is 4.74 Å². The van der Waals surface area contributed by atoms with Crippen molar-refractivity contribution in [1.82, 2.24) is 14.9 Å². The first kappa shape index (κ1) is 16.4. The van der Waals surface area contributed by atoms with E-state index in [2.05, 4.69) is 9.97 Å². The van der Waals surface area contributed by atoms with Crippen LogP contribution in [0.5, 0.6) is 5.75 Å². The van der Waals surface area contributed by atoms with Gasteiger partial charge in [-0.15, -0.1) is 0 Å². The van der Waals surface area contributed by atoms with E-state index < -0.39 is 0 Å². The minimum atomic E-state index is 0.161. The molecule has 1 aliphatic rings. The first-order valence-electron chi connectivity index (χ1n) is 8.37. The molecule has 24 heavy (non-hydrogen) atoms. The number of benzene rings is 1. The smallest absolute Gasteiger partial charge is 0.219 e. The lowest BCUT2D eigenvalue weighted by Gasteiger charge is -2.32. The molecule has 1 saturated heterocycles. The summed E-state index contributed by atoms with van der Waals surface area (Å²) in [4.78, 5) is 22.7. The summed E-state index contributed by atoms with van der Waals surface area (Å²) in [6.45, 7) is 3.33. The number of methoxy groups -OCH3 is 1. The van der Waals surface area contributed by atoms with Gasteiger partial charge in [0.05, 0.1) is 18.5 Å². The predicted molar refractivity (Wildman–Crippen MR) is 92.7 cm³/mol. The van der Waals surface area contributed by atoms with Gasteiger partial charge < -0.3 is 9.64 Å². The monoisotopic (exact) mass is 325 g/mol. The molecule has 1 fully saturated rings. The zero-order valence-corrected chi connectivity index (χ0v) is 14.2. The lowest BCUT2D eigenvalue weighted by molar-refractivity contribution is -0.130. The van der Waals surface area contributed by atoms with Crippen molar-refractivity contribution >= 4 is 5.91 Å². The Balaban J connectivity index is 1.80. The second-order valence-electron chi connectivity index (χ2n) is 6.26. The molecule has 0 radical (unpaired) electrons. The van der Waals surface area contributed by atoms with Crippen molar-refractivity contribution in [3.63, 3.8) is 0 Å². The summed E-state index contributed by atoms with van der Waals surface area (Å²) in [7, 11) is 1.66. The molecule has 2 heterocycles. The minimum Gasteiger partial charge on any atom is -0.497 e. The number of ether oxygens (including phenoxy) is 1. The summed E-state index contributed by atoms with van der Waals surface area (Å²) < 4.78 is 5.22. The number of rotatable bonds is 4. The topological polar surface area (TPSA) is 55.3 Å². The van der Waals surface area contributed by atoms with Crippen LogP contribution in [-0.4, -0.2) is 41.0 Å². The van der Waals surface area contributed by atoms with Crippen molar-refractivity contribution in [3.8, 4) is 17.0 Å². The lowest BCUT2D eigenvalue weighted by atomic mass is 9.91. The summed E-state index contributed by atoms with van der Waals surface area (Å²) in [5, 5.41) is 0. The molecule has 1 atom stereocenters.